The second kappa shape index (κ2) is 6.40. The fourth-order valence-electron chi connectivity index (χ4n) is 3.90. The van der Waals surface area contributed by atoms with Crippen LogP contribution in [0.15, 0.2) is 29.2 Å². The normalized spacial score (nSPS) is 25.6. The number of hydrogen-bond acceptors (Lipinski definition) is 3. The number of hydrogen-bond donors (Lipinski definition) is 1. The zero-order valence-corrected chi connectivity index (χ0v) is 15.6. The quantitative estimate of drug-likeness (QED) is 0.724. The zero-order valence-electron chi connectivity index (χ0n) is 14.8. The number of benzene rings is 1. The summed E-state index contributed by atoms with van der Waals surface area (Å²) >= 11 is 0. The molecular formula is C20H22F2O4S. The highest BCUT2D eigenvalue weighted by Crippen LogP contribution is 2.46. The molecule has 0 bridgehead atoms. The van der Waals surface area contributed by atoms with Crippen LogP contribution in [0.5, 0.6) is 0 Å². The van der Waals surface area contributed by atoms with E-state index in [-0.39, 0.29) is 36.0 Å². The van der Waals surface area contributed by atoms with Crippen molar-refractivity contribution in [2.45, 2.75) is 66.9 Å². The summed E-state index contributed by atoms with van der Waals surface area (Å²) in [5, 5.41) is 9.29. The minimum atomic E-state index is -3.37. The van der Waals surface area contributed by atoms with E-state index in [1.807, 2.05) is 0 Å². The number of carbonyl (C=O) groups is 1. The first-order valence-electron chi connectivity index (χ1n) is 9.38. The van der Waals surface area contributed by atoms with Crippen molar-refractivity contribution in [3.8, 4) is 0 Å². The molecule has 3 aliphatic carbocycles. The maximum Gasteiger partial charge on any atom is 0.335 e. The Bertz CT molecular complexity index is 912. The van der Waals surface area contributed by atoms with Gasteiger partial charge in [0.2, 0.25) is 5.92 Å². The molecule has 146 valence electrons. The van der Waals surface area contributed by atoms with E-state index >= 15 is 0 Å². The summed E-state index contributed by atoms with van der Waals surface area (Å²) in [6.07, 6.45) is 4.22. The van der Waals surface area contributed by atoms with Gasteiger partial charge in [-0.05, 0) is 67.2 Å². The van der Waals surface area contributed by atoms with E-state index in [0.717, 1.165) is 12.8 Å². The van der Waals surface area contributed by atoms with Crippen LogP contribution in [0.1, 0.15) is 62.0 Å². The molecule has 4 rings (SSSR count). The number of allylic oxidation sites excluding steroid dienone is 1. The monoisotopic (exact) mass is 396 g/mol. The van der Waals surface area contributed by atoms with E-state index in [1.165, 1.54) is 18.2 Å². The molecule has 0 aliphatic heterocycles. The summed E-state index contributed by atoms with van der Waals surface area (Å²) in [6, 6.07) is 4.67. The van der Waals surface area contributed by atoms with Gasteiger partial charge in [0.25, 0.3) is 0 Å². The van der Waals surface area contributed by atoms with Gasteiger partial charge in [0.1, 0.15) is 0 Å². The Hall–Kier alpha value is -1.76. The van der Waals surface area contributed by atoms with Crippen LogP contribution in [0.25, 0.3) is 5.57 Å². The van der Waals surface area contributed by atoms with E-state index in [1.54, 1.807) is 6.07 Å². The highest BCUT2D eigenvalue weighted by molar-refractivity contribution is 7.92. The Balaban J connectivity index is 1.71. The van der Waals surface area contributed by atoms with Crippen molar-refractivity contribution in [1.29, 1.82) is 0 Å². The molecule has 1 aromatic rings. The predicted octanol–water partition coefficient (Wildman–Crippen LogP) is 4.40. The van der Waals surface area contributed by atoms with E-state index in [2.05, 4.69) is 0 Å². The Labute approximate surface area is 157 Å². The van der Waals surface area contributed by atoms with Crippen molar-refractivity contribution in [1.82, 2.24) is 0 Å². The smallest absolute Gasteiger partial charge is 0.335 e. The SMILES string of the molecule is O=C(O)C(=C[C@H]1CCC(F)(F)C1)c1ccc(S(=O)(=O)C2CC2)c(C2CC2)c1. The number of carboxylic acid groups (broad SMARTS) is 1. The Kier molecular flexibility index (Phi) is 4.41. The third-order valence-electron chi connectivity index (χ3n) is 5.68. The molecule has 0 unspecified atom stereocenters. The largest absolute Gasteiger partial charge is 0.478 e. The van der Waals surface area contributed by atoms with Crippen molar-refractivity contribution >= 4 is 21.4 Å². The van der Waals surface area contributed by atoms with Gasteiger partial charge in [-0.25, -0.2) is 22.0 Å². The van der Waals surface area contributed by atoms with Gasteiger partial charge in [-0.3, -0.25) is 0 Å². The molecule has 3 aliphatic rings. The number of sulfone groups is 1. The average Bonchev–Trinajstić information content (AvgIpc) is 3.48. The lowest BCUT2D eigenvalue weighted by molar-refractivity contribution is -0.130. The summed E-state index contributed by atoms with van der Waals surface area (Å²) in [5.41, 5.74) is 1.06. The summed E-state index contributed by atoms with van der Waals surface area (Å²) in [7, 11) is -3.37. The van der Waals surface area contributed by atoms with Gasteiger partial charge in [-0.15, -0.1) is 0 Å². The predicted molar refractivity (Wildman–Crippen MR) is 96.5 cm³/mol. The molecule has 0 amide bonds. The molecule has 1 aromatic carbocycles. The van der Waals surface area contributed by atoms with Crippen LogP contribution in [0.4, 0.5) is 8.78 Å². The van der Waals surface area contributed by atoms with Crippen molar-refractivity contribution in [3.05, 3.63) is 35.4 Å². The van der Waals surface area contributed by atoms with Crippen molar-refractivity contribution in [2.75, 3.05) is 0 Å². The Morgan fingerprint density at radius 1 is 1.15 bits per heavy atom. The van der Waals surface area contributed by atoms with Crippen LogP contribution in [0.2, 0.25) is 0 Å². The maximum atomic E-state index is 13.4. The highest BCUT2D eigenvalue weighted by Gasteiger charge is 2.41. The van der Waals surface area contributed by atoms with E-state index < -0.39 is 27.6 Å². The third kappa shape index (κ3) is 3.79. The first-order chi connectivity index (χ1) is 12.7. The molecule has 3 fully saturated rings. The van der Waals surface area contributed by atoms with Gasteiger partial charge >= 0.3 is 5.97 Å². The van der Waals surface area contributed by atoms with Gasteiger partial charge in [-0.2, -0.15) is 0 Å². The van der Waals surface area contributed by atoms with Crippen molar-refractivity contribution in [3.63, 3.8) is 0 Å². The molecular weight excluding hydrogens is 374 g/mol. The standard InChI is InChI=1S/C20H22F2O4S/c21-20(22)8-7-12(11-20)9-17(19(23)24)14-3-6-18(16(10-14)13-1-2-13)27(25,26)15-4-5-15/h3,6,9-10,12-13,15H,1-2,4-5,7-8,11H2,(H,23,24)/t12-/m1/s1. The second-order valence-corrected chi connectivity index (χ2v) is 10.2. The maximum absolute atomic E-state index is 13.4. The Morgan fingerprint density at radius 3 is 2.37 bits per heavy atom. The number of rotatable bonds is 6. The first-order valence-corrected chi connectivity index (χ1v) is 10.9. The zero-order chi connectivity index (χ0) is 19.4. The van der Waals surface area contributed by atoms with Crippen molar-refractivity contribution < 1.29 is 27.1 Å². The number of aliphatic carboxylic acids is 1. The van der Waals surface area contributed by atoms with Gasteiger partial charge in [-0.1, -0.05) is 12.1 Å². The van der Waals surface area contributed by atoms with Crippen LogP contribution in [-0.2, 0) is 14.6 Å². The van der Waals surface area contributed by atoms with E-state index in [4.69, 9.17) is 0 Å². The molecule has 0 aromatic heterocycles. The first kappa shape index (κ1) is 18.6. The lowest BCUT2D eigenvalue weighted by Gasteiger charge is -2.13. The molecule has 0 saturated heterocycles. The fourth-order valence-corrected chi connectivity index (χ4v) is 5.83. The molecule has 1 N–H and O–H groups in total. The molecule has 1 atom stereocenters. The third-order valence-corrected chi connectivity index (χ3v) is 8.02. The van der Waals surface area contributed by atoms with Crippen LogP contribution in [0.3, 0.4) is 0 Å². The van der Waals surface area contributed by atoms with Gasteiger partial charge in [0.15, 0.2) is 9.84 Å². The van der Waals surface area contributed by atoms with Gasteiger partial charge in [0.05, 0.1) is 15.7 Å². The molecule has 4 nitrogen and oxygen atoms in total. The number of alkyl halides is 2. The number of halogens is 2. The molecule has 7 heteroatoms. The molecule has 0 spiro atoms. The molecule has 27 heavy (non-hydrogen) atoms. The van der Waals surface area contributed by atoms with Crippen molar-refractivity contribution in [2.24, 2.45) is 5.92 Å². The summed E-state index contributed by atoms with van der Waals surface area (Å²) in [5.74, 6) is -4.26. The van der Waals surface area contributed by atoms with E-state index in [9.17, 15) is 27.1 Å². The average molecular weight is 396 g/mol. The van der Waals surface area contributed by atoms with Crippen LogP contribution < -0.4 is 0 Å². The lowest BCUT2D eigenvalue weighted by Crippen LogP contribution is -2.11. The van der Waals surface area contributed by atoms with E-state index in [0.29, 0.717) is 28.9 Å². The lowest BCUT2D eigenvalue weighted by atomic mass is 9.96. The highest BCUT2D eigenvalue weighted by atomic mass is 32.2. The number of carboxylic acids is 1. The molecule has 0 radical (unpaired) electrons. The summed E-state index contributed by atoms with van der Waals surface area (Å²) < 4.78 is 52.3. The van der Waals surface area contributed by atoms with Crippen LogP contribution >= 0.6 is 0 Å². The topological polar surface area (TPSA) is 71.4 Å². The minimum Gasteiger partial charge on any atom is -0.478 e. The van der Waals surface area contributed by atoms with Crippen LogP contribution in [-0.4, -0.2) is 30.7 Å². The minimum absolute atomic E-state index is 0.0185. The van der Waals surface area contributed by atoms with Gasteiger partial charge < -0.3 is 5.11 Å². The second-order valence-electron chi connectivity index (χ2n) is 8.02. The molecule has 3 saturated carbocycles. The summed E-state index contributed by atoms with van der Waals surface area (Å²) in [6.45, 7) is 0. The molecule has 0 heterocycles. The van der Waals surface area contributed by atoms with Gasteiger partial charge in [0, 0.05) is 12.8 Å². The van der Waals surface area contributed by atoms with Crippen LogP contribution in [0, 0.1) is 5.92 Å². The fraction of sp³-hybridized carbons (Fsp3) is 0.550. The summed E-state index contributed by atoms with van der Waals surface area (Å²) in [4.78, 5) is 12.1. The Morgan fingerprint density at radius 2 is 1.85 bits per heavy atom.